The van der Waals surface area contributed by atoms with Crippen molar-refractivity contribution in [2.24, 2.45) is 5.73 Å². The van der Waals surface area contributed by atoms with Crippen LogP contribution >= 0.6 is 0 Å². The van der Waals surface area contributed by atoms with Crippen molar-refractivity contribution in [2.75, 3.05) is 6.54 Å². The fourth-order valence-electron chi connectivity index (χ4n) is 0.972. The third-order valence-corrected chi connectivity index (χ3v) is 1.46. The average molecular weight is 193 g/mol. The van der Waals surface area contributed by atoms with Gasteiger partial charge in [0, 0.05) is 6.20 Å². The van der Waals surface area contributed by atoms with Crippen molar-refractivity contribution < 1.29 is 13.2 Å². The van der Waals surface area contributed by atoms with E-state index in [1.165, 1.54) is 12.4 Å². The van der Waals surface area contributed by atoms with Gasteiger partial charge in [0.05, 0.1) is 6.20 Å². The Labute approximate surface area is 73.3 Å². The molecule has 74 valence electrons. The monoisotopic (exact) mass is 193 g/mol. The lowest BCUT2D eigenvalue weighted by Gasteiger charge is -2.04. The van der Waals surface area contributed by atoms with Crippen LogP contribution in [0.2, 0.25) is 0 Å². The molecule has 6 heteroatoms. The Hall–Kier alpha value is -1.04. The van der Waals surface area contributed by atoms with E-state index in [4.69, 9.17) is 5.73 Å². The number of nitrogens with zero attached hydrogens (tertiary/aromatic N) is 2. The summed E-state index contributed by atoms with van der Waals surface area (Å²) in [6, 6.07) is 0. The van der Waals surface area contributed by atoms with Gasteiger partial charge >= 0.3 is 6.18 Å². The molecule has 13 heavy (non-hydrogen) atoms. The molecule has 1 aromatic heterocycles. The van der Waals surface area contributed by atoms with E-state index in [9.17, 15) is 13.2 Å². The van der Waals surface area contributed by atoms with Crippen molar-refractivity contribution in [3.63, 3.8) is 0 Å². The van der Waals surface area contributed by atoms with Crippen LogP contribution in [-0.2, 0) is 13.0 Å². The van der Waals surface area contributed by atoms with Crippen LogP contribution in [-0.4, -0.2) is 22.5 Å². The van der Waals surface area contributed by atoms with E-state index < -0.39 is 12.7 Å². The highest BCUT2D eigenvalue weighted by molar-refractivity contribution is 5.04. The lowest BCUT2D eigenvalue weighted by Crippen LogP contribution is -2.17. The quantitative estimate of drug-likeness (QED) is 0.776. The Morgan fingerprint density at radius 2 is 2.15 bits per heavy atom. The molecule has 0 bridgehead atoms. The molecule has 0 fully saturated rings. The van der Waals surface area contributed by atoms with Crippen LogP contribution in [0.15, 0.2) is 12.4 Å². The van der Waals surface area contributed by atoms with Crippen molar-refractivity contribution in [2.45, 2.75) is 19.1 Å². The zero-order valence-corrected chi connectivity index (χ0v) is 6.88. The van der Waals surface area contributed by atoms with Crippen molar-refractivity contribution in [3.8, 4) is 0 Å². The van der Waals surface area contributed by atoms with Gasteiger partial charge < -0.3 is 5.73 Å². The molecule has 0 aliphatic rings. The minimum absolute atomic E-state index is 0.414. The molecular formula is C7H10F3N3. The summed E-state index contributed by atoms with van der Waals surface area (Å²) in [5, 5.41) is 3.56. The minimum Gasteiger partial charge on any atom is -0.330 e. The first-order valence-electron chi connectivity index (χ1n) is 3.79. The van der Waals surface area contributed by atoms with E-state index in [1.54, 1.807) is 0 Å². The normalized spacial score (nSPS) is 12.0. The second-order valence-electron chi connectivity index (χ2n) is 2.70. The molecule has 1 aromatic rings. The van der Waals surface area contributed by atoms with Crippen molar-refractivity contribution in [1.29, 1.82) is 0 Å². The van der Waals surface area contributed by atoms with Crippen LogP contribution in [0.4, 0.5) is 13.2 Å². The number of alkyl halides is 3. The summed E-state index contributed by atoms with van der Waals surface area (Å²) in [6.45, 7) is -0.630. The zero-order valence-electron chi connectivity index (χ0n) is 6.88. The summed E-state index contributed by atoms with van der Waals surface area (Å²) in [4.78, 5) is 0. The molecule has 0 saturated heterocycles. The molecule has 3 nitrogen and oxygen atoms in total. The molecule has 0 aliphatic carbocycles. The average Bonchev–Trinajstić information content (AvgIpc) is 2.33. The summed E-state index contributed by atoms with van der Waals surface area (Å²) in [5.74, 6) is 0. The standard InChI is InChI=1S/C7H10F3N3/c8-7(9,10)5-13-4-6(1-2-11)3-12-13/h3-4H,1-2,5,11H2. The lowest BCUT2D eigenvalue weighted by atomic mass is 10.3. The molecule has 0 aromatic carbocycles. The van der Waals surface area contributed by atoms with Gasteiger partial charge in [0.2, 0.25) is 0 Å². The van der Waals surface area contributed by atoms with E-state index in [1.807, 2.05) is 0 Å². The van der Waals surface area contributed by atoms with E-state index in [0.29, 0.717) is 13.0 Å². The Morgan fingerprint density at radius 3 is 2.69 bits per heavy atom. The molecule has 0 spiro atoms. The van der Waals surface area contributed by atoms with Gasteiger partial charge in [-0.25, -0.2) is 0 Å². The summed E-state index contributed by atoms with van der Waals surface area (Å²) in [7, 11) is 0. The van der Waals surface area contributed by atoms with Crippen molar-refractivity contribution in [3.05, 3.63) is 18.0 Å². The molecule has 1 heterocycles. The van der Waals surface area contributed by atoms with Crippen LogP contribution in [0.3, 0.4) is 0 Å². The third-order valence-electron chi connectivity index (χ3n) is 1.46. The molecule has 0 saturated carbocycles. The minimum atomic E-state index is -4.22. The highest BCUT2D eigenvalue weighted by Gasteiger charge is 2.28. The van der Waals surface area contributed by atoms with Gasteiger partial charge in [0.1, 0.15) is 6.54 Å². The van der Waals surface area contributed by atoms with Gasteiger partial charge in [-0.1, -0.05) is 0 Å². The van der Waals surface area contributed by atoms with Gasteiger partial charge in [0.15, 0.2) is 0 Å². The van der Waals surface area contributed by atoms with E-state index in [-0.39, 0.29) is 0 Å². The number of rotatable bonds is 3. The van der Waals surface area contributed by atoms with Crippen LogP contribution < -0.4 is 5.73 Å². The topological polar surface area (TPSA) is 43.8 Å². The number of aromatic nitrogens is 2. The third kappa shape index (κ3) is 3.45. The second-order valence-corrected chi connectivity index (χ2v) is 2.70. The summed E-state index contributed by atoms with van der Waals surface area (Å²) in [5.41, 5.74) is 5.97. The maximum absolute atomic E-state index is 11.9. The maximum atomic E-state index is 11.9. The first kappa shape index (κ1) is 10.0. The molecule has 2 N–H and O–H groups in total. The molecule has 0 atom stereocenters. The van der Waals surface area contributed by atoms with E-state index in [0.717, 1.165) is 10.2 Å². The first-order valence-corrected chi connectivity index (χ1v) is 3.79. The van der Waals surface area contributed by atoms with Crippen LogP contribution in [0.5, 0.6) is 0 Å². The smallest absolute Gasteiger partial charge is 0.330 e. The lowest BCUT2D eigenvalue weighted by molar-refractivity contribution is -0.142. The Bertz CT molecular complexity index is 266. The summed E-state index contributed by atoms with van der Waals surface area (Å²) in [6.07, 6.45) is -0.900. The fourth-order valence-corrected chi connectivity index (χ4v) is 0.972. The van der Waals surface area contributed by atoms with Crippen LogP contribution in [0.25, 0.3) is 0 Å². The predicted octanol–water partition coefficient (Wildman–Crippen LogP) is 0.947. The van der Waals surface area contributed by atoms with Gasteiger partial charge in [-0.15, -0.1) is 0 Å². The number of nitrogens with two attached hydrogens (primary N) is 1. The zero-order chi connectivity index (χ0) is 9.90. The highest BCUT2D eigenvalue weighted by Crippen LogP contribution is 2.16. The maximum Gasteiger partial charge on any atom is 0.408 e. The van der Waals surface area contributed by atoms with Crippen LogP contribution in [0, 0.1) is 0 Å². The van der Waals surface area contributed by atoms with E-state index >= 15 is 0 Å². The van der Waals surface area contributed by atoms with Crippen molar-refractivity contribution in [1.82, 2.24) is 9.78 Å². The number of halogens is 3. The SMILES string of the molecule is NCCc1cnn(CC(F)(F)F)c1. The highest BCUT2D eigenvalue weighted by atomic mass is 19.4. The Kier molecular flexibility index (Phi) is 2.92. The molecular weight excluding hydrogens is 183 g/mol. The largest absolute Gasteiger partial charge is 0.408 e. The Morgan fingerprint density at radius 1 is 1.46 bits per heavy atom. The molecule has 0 amide bonds. The predicted molar refractivity (Wildman–Crippen MR) is 41.0 cm³/mol. The summed E-state index contributed by atoms with van der Waals surface area (Å²) < 4.78 is 36.4. The van der Waals surface area contributed by atoms with Crippen LogP contribution in [0.1, 0.15) is 5.56 Å². The number of hydrogen-bond donors (Lipinski definition) is 1. The van der Waals surface area contributed by atoms with Crippen molar-refractivity contribution >= 4 is 0 Å². The Balaban J connectivity index is 2.59. The molecule has 0 aliphatic heterocycles. The molecule has 0 radical (unpaired) electrons. The van der Waals surface area contributed by atoms with Gasteiger partial charge in [-0.3, -0.25) is 4.68 Å². The first-order chi connectivity index (χ1) is 6.01. The molecule has 0 unspecified atom stereocenters. The number of hydrogen-bond acceptors (Lipinski definition) is 2. The van der Waals surface area contributed by atoms with Gasteiger partial charge in [-0.05, 0) is 18.5 Å². The second kappa shape index (κ2) is 3.78. The molecule has 1 rings (SSSR count). The van der Waals surface area contributed by atoms with Gasteiger partial charge in [0.25, 0.3) is 0 Å². The summed E-state index contributed by atoms with van der Waals surface area (Å²) >= 11 is 0. The van der Waals surface area contributed by atoms with Gasteiger partial charge in [-0.2, -0.15) is 18.3 Å². The fraction of sp³-hybridized carbons (Fsp3) is 0.571. The van der Waals surface area contributed by atoms with E-state index in [2.05, 4.69) is 5.10 Å².